The molecule has 1 aromatic rings. The van der Waals surface area contributed by atoms with Crippen molar-refractivity contribution in [3.05, 3.63) is 23.2 Å². The van der Waals surface area contributed by atoms with Gasteiger partial charge in [0.1, 0.15) is 0 Å². The minimum Gasteiger partial charge on any atom is -0.384 e. The van der Waals surface area contributed by atoms with Gasteiger partial charge in [-0.15, -0.1) is 0 Å². The third-order valence-corrected chi connectivity index (χ3v) is 4.65. The van der Waals surface area contributed by atoms with Crippen LogP contribution in [0.5, 0.6) is 0 Å². The molecule has 0 aliphatic heterocycles. The third-order valence-electron chi connectivity index (χ3n) is 3.21. The van der Waals surface area contributed by atoms with Crippen LogP contribution in [0.25, 0.3) is 0 Å². The van der Waals surface area contributed by atoms with Gasteiger partial charge in [-0.05, 0) is 24.6 Å². The fourth-order valence-electron chi connectivity index (χ4n) is 2.00. The first kappa shape index (κ1) is 17.3. The van der Waals surface area contributed by atoms with E-state index in [-0.39, 0.29) is 0 Å². The second kappa shape index (κ2) is 8.53. The lowest BCUT2D eigenvalue weighted by Gasteiger charge is -2.10. The third kappa shape index (κ3) is 6.14. The average molecular weight is 318 g/mol. The summed E-state index contributed by atoms with van der Waals surface area (Å²) in [6, 6.07) is 4.77. The lowest BCUT2D eigenvalue weighted by Crippen LogP contribution is -2.04. The molecule has 114 valence electrons. The molecule has 0 atom stereocenters. The topological polar surface area (TPSA) is 46.2 Å². The molecule has 0 amide bonds. The highest BCUT2D eigenvalue weighted by Crippen LogP contribution is 2.25. The SMILES string of the molecule is CCCCCCCCNc1cc(S(C)(=O)=O)ccc1Cl. The molecular weight excluding hydrogens is 294 g/mol. The van der Waals surface area contributed by atoms with E-state index in [0.717, 1.165) is 13.0 Å². The molecule has 0 bridgehead atoms. The van der Waals surface area contributed by atoms with E-state index < -0.39 is 9.84 Å². The van der Waals surface area contributed by atoms with Gasteiger partial charge in [-0.2, -0.15) is 0 Å². The molecule has 0 fully saturated rings. The first-order chi connectivity index (χ1) is 9.45. The van der Waals surface area contributed by atoms with Crippen LogP contribution < -0.4 is 5.32 Å². The lowest BCUT2D eigenvalue weighted by atomic mass is 10.1. The summed E-state index contributed by atoms with van der Waals surface area (Å²) in [6.45, 7) is 3.03. The monoisotopic (exact) mass is 317 g/mol. The fraction of sp³-hybridized carbons (Fsp3) is 0.600. The van der Waals surface area contributed by atoms with E-state index >= 15 is 0 Å². The van der Waals surface area contributed by atoms with Gasteiger partial charge in [-0.1, -0.05) is 50.6 Å². The molecule has 20 heavy (non-hydrogen) atoms. The molecule has 0 saturated heterocycles. The largest absolute Gasteiger partial charge is 0.384 e. The zero-order valence-electron chi connectivity index (χ0n) is 12.3. The van der Waals surface area contributed by atoms with Crippen LogP contribution in [0.2, 0.25) is 5.02 Å². The number of anilines is 1. The number of unbranched alkanes of at least 4 members (excludes halogenated alkanes) is 5. The summed E-state index contributed by atoms with van der Waals surface area (Å²) in [5.41, 5.74) is 0.697. The second-order valence-corrected chi connectivity index (χ2v) is 7.53. The van der Waals surface area contributed by atoms with Crippen LogP contribution in [0.1, 0.15) is 45.4 Å². The Kier molecular flexibility index (Phi) is 7.38. The number of rotatable bonds is 9. The van der Waals surface area contributed by atoms with Crippen LogP contribution >= 0.6 is 11.6 Å². The maximum absolute atomic E-state index is 11.5. The Morgan fingerprint density at radius 1 is 1.10 bits per heavy atom. The average Bonchev–Trinajstić information content (AvgIpc) is 2.38. The maximum atomic E-state index is 11.5. The molecule has 0 unspecified atom stereocenters. The highest BCUT2D eigenvalue weighted by molar-refractivity contribution is 7.90. The molecular formula is C15H24ClNO2S. The highest BCUT2D eigenvalue weighted by atomic mass is 35.5. The molecule has 0 saturated carbocycles. The first-order valence-electron chi connectivity index (χ1n) is 7.18. The van der Waals surface area contributed by atoms with Crippen molar-refractivity contribution in [2.75, 3.05) is 18.1 Å². The summed E-state index contributed by atoms with van der Waals surface area (Å²) < 4.78 is 23.0. The van der Waals surface area contributed by atoms with Gasteiger partial charge in [0.05, 0.1) is 15.6 Å². The second-order valence-electron chi connectivity index (χ2n) is 5.11. The van der Waals surface area contributed by atoms with Gasteiger partial charge in [0.25, 0.3) is 0 Å². The molecule has 1 rings (SSSR count). The summed E-state index contributed by atoms with van der Waals surface area (Å²) in [7, 11) is -3.19. The van der Waals surface area contributed by atoms with Crippen molar-refractivity contribution in [2.24, 2.45) is 0 Å². The van der Waals surface area contributed by atoms with Crippen LogP contribution in [0.4, 0.5) is 5.69 Å². The Hall–Kier alpha value is -0.740. The lowest BCUT2D eigenvalue weighted by molar-refractivity contribution is 0.602. The van der Waals surface area contributed by atoms with E-state index in [1.165, 1.54) is 44.4 Å². The van der Waals surface area contributed by atoms with E-state index in [4.69, 9.17) is 11.6 Å². The van der Waals surface area contributed by atoms with Crippen LogP contribution in [-0.4, -0.2) is 21.2 Å². The Bertz CT molecular complexity index is 515. The number of halogens is 1. The van der Waals surface area contributed by atoms with E-state index in [1.807, 2.05) is 0 Å². The minimum atomic E-state index is -3.19. The van der Waals surface area contributed by atoms with Crippen molar-refractivity contribution in [2.45, 2.75) is 50.3 Å². The van der Waals surface area contributed by atoms with Crippen molar-refractivity contribution in [1.82, 2.24) is 0 Å². The molecule has 0 aromatic heterocycles. The van der Waals surface area contributed by atoms with Gasteiger partial charge in [0.2, 0.25) is 0 Å². The predicted octanol–water partition coefficient (Wildman–Crippen LogP) is 4.52. The van der Waals surface area contributed by atoms with Crippen molar-refractivity contribution in [3.8, 4) is 0 Å². The summed E-state index contributed by atoms with van der Waals surface area (Å²) in [5, 5.41) is 3.78. The summed E-state index contributed by atoms with van der Waals surface area (Å²) in [5.74, 6) is 0. The smallest absolute Gasteiger partial charge is 0.175 e. The van der Waals surface area contributed by atoms with E-state index in [2.05, 4.69) is 12.2 Å². The summed E-state index contributed by atoms with van der Waals surface area (Å²) in [4.78, 5) is 0.298. The van der Waals surface area contributed by atoms with Crippen molar-refractivity contribution >= 4 is 27.1 Å². The maximum Gasteiger partial charge on any atom is 0.175 e. The standard InChI is InChI=1S/C15H24ClNO2S/c1-3-4-5-6-7-8-11-17-15-12-13(20(2,18)19)9-10-14(15)16/h9-10,12,17H,3-8,11H2,1-2H3. The molecule has 3 nitrogen and oxygen atoms in total. The molecule has 0 aliphatic rings. The summed E-state index contributed by atoms with van der Waals surface area (Å²) >= 11 is 6.07. The van der Waals surface area contributed by atoms with Crippen LogP contribution in [0.15, 0.2) is 23.1 Å². The molecule has 0 aliphatic carbocycles. The Morgan fingerprint density at radius 3 is 2.40 bits per heavy atom. The van der Waals surface area contributed by atoms with E-state index in [0.29, 0.717) is 15.6 Å². The van der Waals surface area contributed by atoms with Crippen molar-refractivity contribution in [1.29, 1.82) is 0 Å². The van der Waals surface area contributed by atoms with E-state index in [9.17, 15) is 8.42 Å². The fourth-order valence-corrected chi connectivity index (χ4v) is 2.83. The molecule has 0 spiro atoms. The predicted molar refractivity (Wildman–Crippen MR) is 86.4 cm³/mol. The van der Waals surface area contributed by atoms with Crippen LogP contribution in [0.3, 0.4) is 0 Å². The van der Waals surface area contributed by atoms with Gasteiger partial charge < -0.3 is 5.32 Å². The number of hydrogen-bond acceptors (Lipinski definition) is 3. The quantitative estimate of drug-likeness (QED) is 0.681. The zero-order valence-corrected chi connectivity index (χ0v) is 13.9. The number of sulfone groups is 1. The molecule has 0 radical (unpaired) electrons. The molecule has 5 heteroatoms. The number of hydrogen-bond donors (Lipinski definition) is 1. The van der Waals surface area contributed by atoms with Crippen molar-refractivity contribution < 1.29 is 8.42 Å². The summed E-state index contributed by atoms with van der Waals surface area (Å²) in [6.07, 6.45) is 8.57. The first-order valence-corrected chi connectivity index (χ1v) is 9.45. The van der Waals surface area contributed by atoms with Crippen LogP contribution in [0, 0.1) is 0 Å². The minimum absolute atomic E-state index is 0.298. The number of benzene rings is 1. The van der Waals surface area contributed by atoms with Crippen LogP contribution in [-0.2, 0) is 9.84 Å². The van der Waals surface area contributed by atoms with Gasteiger partial charge in [-0.25, -0.2) is 8.42 Å². The van der Waals surface area contributed by atoms with Gasteiger partial charge in [-0.3, -0.25) is 0 Å². The zero-order chi connectivity index (χ0) is 15.0. The van der Waals surface area contributed by atoms with Gasteiger partial charge >= 0.3 is 0 Å². The molecule has 1 aromatic carbocycles. The van der Waals surface area contributed by atoms with Gasteiger partial charge in [0.15, 0.2) is 9.84 Å². The number of nitrogens with one attached hydrogen (secondary N) is 1. The Morgan fingerprint density at radius 2 is 1.75 bits per heavy atom. The normalized spacial score (nSPS) is 11.6. The Balaban J connectivity index is 2.44. The molecule has 1 N–H and O–H groups in total. The Labute approximate surface area is 127 Å². The van der Waals surface area contributed by atoms with E-state index in [1.54, 1.807) is 12.1 Å². The van der Waals surface area contributed by atoms with Crippen molar-refractivity contribution in [3.63, 3.8) is 0 Å². The highest BCUT2D eigenvalue weighted by Gasteiger charge is 2.09. The molecule has 0 heterocycles. The van der Waals surface area contributed by atoms with Gasteiger partial charge in [0, 0.05) is 12.8 Å².